The molecule has 3 rings (SSSR count). The van der Waals surface area contributed by atoms with E-state index in [0.29, 0.717) is 47.0 Å². The highest BCUT2D eigenvalue weighted by molar-refractivity contribution is 6.42. The van der Waals surface area contributed by atoms with Crippen molar-refractivity contribution in [2.75, 3.05) is 25.5 Å². The Kier molecular flexibility index (Phi) is 5.45. The van der Waals surface area contributed by atoms with Gasteiger partial charge in [0, 0.05) is 31.0 Å². The molecule has 9 heteroatoms. The minimum atomic E-state index is -0.226. The quantitative estimate of drug-likeness (QED) is 0.875. The summed E-state index contributed by atoms with van der Waals surface area (Å²) in [4.78, 5) is 22.2. The summed E-state index contributed by atoms with van der Waals surface area (Å²) in [6, 6.07) is 4.71. The van der Waals surface area contributed by atoms with Crippen LogP contribution in [-0.2, 0) is 0 Å². The van der Waals surface area contributed by atoms with E-state index in [1.807, 2.05) is 0 Å². The molecule has 1 aromatic heterocycles. The largest absolute Gasteiger partial charge is 0.477 e. The van der Waals surface area contributed by atoms with E-state index >= 15 is 0 Å². The third kappa shape index (κ3) is 4.24. The second kappa shape index (κ2) is 7.76. The average Bonchev–Trinajstić information content (AvgIpc) is 3.07. The molecule has 2 amide bonds. The minimum absolute atomic E-state index is 0.176. The summed E-state index contributed by atoms with van der Waals surface area (Å²) in [5, 5.41) is 3.62. The number of urea groups is 1. The van der Waals surface area contributed by atoms with E-state index in [2.05, 4.69) is 15.3 Å². The number of anilines is 1. The molecule has 2 aromatic rings. The van der Waals surface area contributed by atoms with Crippen LogP contribution in [-0.4, -0.2) is 47.2 Å². The van der Waals surface area contributed by atoms with E-state index < -0.39 is 0 Å². The molecule has 1 aromatic carbocycles. The molecule has 0 aliphatic carbocycles. The molecule has 1 unspecified atom stereocenters. The zero-order chi connectivity index (χ0) is 17.8. The summed E-state index contributed by atoms with van der Waals surface area (Å²) in [6.45, 7) is 1.01. The maximum atomic E-state index is 12.4. The number of hydrogen-bond donors (Lipinski definition) is 1. The van der Waals surface area contributed by atoms with Gasteiger partial charge in [0.05, 0.1) is 23.7 Å². The number of nitrogens with one attached hydrogen (secondary N) is 1. The molecule has 25 heavy (non-hydrogen) atoms. The summed E-state index contributed by atoms with van der Waals surface area (Å²) < 4.78 is 10.9. The van der Waals surface area contributed by atoms with Gasteiger partial charge in [-0.05, 0) is 18.2 Å². The molecule has 0 saturated carbocycles. The average molecular weight is 383 g/mol. The van der Waals surface area contributed by atoms with Crippen molar-refractivity contribution in [2.24, 2.45) is 0 Å². The molecule has 132 valence electrons. The molecule has 1 aliphatic heterocycles. The Morgan fingerprint density at radius 3 is 2.72 bits per heavy atom. The summed E-state index contributed by atoms with van der Waals surface area (Å²) >= 11 is 11.8. The van der Waals surface area contributed by atoms with E-state index in [0.717, 1.165) is 0 Å². The number of amides is 2. The molecule has 2 heterocycles. The first-order valence-corrected chi connectivity index (χ1v) is 8.35. The molecular formula is C16H16Cl2N4O3. The lowest BCUT2D eigenvalue weighted by molar-refractivity contribution is 0.182. The molecule has 0 radical (unpaired) electrons. The van der Waals surface area contributed by atoms with Crippen LogP contribution < -0.4 is 14.8 Å². The Bertz CT molecular complexity index is 775. The number of hydrogen-bond acceptors (Lipinski definition) is 5. The zero-order valence-electron chi connectivity index (χ0n) is 13.4. The second-order valence-corrected chi connectivity index (χ2v) is 6.22. The number of ether oxygens (including phenoxy) is 2. The maximum Gasteiger partial charge on any atom is 0.321 e. The van der Waals surface area contributed by atoms with Crippen molar-refractivity contribution in [2.45, 2.75) is 12.5 Å². The lowest BCUT2D eigenvalue weighted by Crippen LogP contribution is -2.34. The highest BCUT2D eigenvalue weighted by Crippen LogP contribution is 2.26. The molecule has 1 saturated heterocycles. The summed E-state index contributed by atoms with van der Waals surface area (Å²) in [5.74, 6) is 0.642. The SMILES string of the molecule is COc1nccnc1OC1CCN(C(=O)Nc2ccc(Cl)c(Cl)c2)C1. The predicted octanol–water partition coefficient (Wildman–Crippen LogP) is 3.48. The fraction of sp³-hybridized carbons (Fsp3) is 0.312. The van der Waals surface area contributed by atoms with Crippen molar-refractivity contribution in [3.63, 3.8) is 0 Å². The number of halogens is 2. The van der Waals surface area contributed by atoms with Crippen LogP contribution in [0.1, 0.15) is 6.42 Å². The van der Waals surface area contributed by atoms with Crippen molar-refractivity contribution in [3.8, 4) is 11.8 Å². The predicted molar refractivity (Wildman–Crippen MR) is 94.7 cm³/mol. The number of nitrogens with zero attached hydrogens (tertiary/aromatic N) is 3. The highest BCUT2D eigenvalue weighted by Gasteiger charge is 2.29. The van der Waals surface area contributed by atoms with E-state index in [1.54, 1.807) is 23.1 Å². The fourth-order valence-corrected chi connectivity index (χ4v) is 2.77. The maximum absolute atomic E-state index is 12.4. The number of aromatic nitrogens is 2. The smallest absolute Gasteiger partial charge is 0.321 e. The van der Waals surface area contributed by atoms with Crippen LogP contribution >= 0.6 is 23.2 Å². The Balaban J connectivity index is 1.58. The molecule has 0 bridgehead atoms. The lowest BCUT2D eigenvalue weighted by atomic mass is 10.3. The molecular weight excluding hydrogens is 367 g/mol. The normalized spacial score (nSPS) is 16.6. The van der Waals surface area contributed by atoms with Crippen molar-refractivity contribution in [3.05, 3.63) is 40.6 Å². The third-order valence-corrected chi connectivity index (χ3v) is 4.45. The number of likely N-dealkylation sites (tertiary alicyclic amines) is 1. The van der Waals surface area contributed by atoms with Crippen molar-refractivity contribution in [1.29, 1.82) is 0 Å². The summed E-state index contributed by atoms with van der Waals surface area (Å²) in [7, 11) is 1.50. The number of carbonyl (C=O) groups is 1. The van der Waals surface area contributed by atoms with Gasteiger partial charge in [0.25, 0.3) is 11.8 Å². The van der Waals surface area contributed by atoms with E-state index in [4.69, 9.17) is 32.7 Å². The Hall–Kier alpha value is -2.25. The van der Waals surface area contributed by atoms with E-state index in [1.165, 1.54) is 19.5 Å². The number of carbonyl (C=O) groups excluding carboxylic acids is 1. The first kappa shape index (κ1) is 17.6. The monoisotopic (exact) mass is 382 g/mol. The topological polar surface area (TPSA) is 76.6 Å². The van der Waals surface area contributed by atoms with Crippen LogP contribution in [0.25, 0.3) is 0 Å². The van der Waals surface area contributed by atoms with Gasteiger partial charge in [-0.1, -0.05) is 23.2 Å². The van der Waals surface area contributed by atoms with Crippen molar-refractivity contribution >= 4 is 34.9 Å². The number of methoxy groups -OCH3 is 1. The number of rotatable bonds is 4. The van der Waals surface area contributed by atoms with Gasteiger partial charge in [-0.25, -0.2) is 14.8 Å². The van der Waals surface area contributed by atoms with E-state index in [9.17, 15) is 4.79 Å². The lowest BCUT2D eigenvalue weighted by Gasteiger charge is -2.18. The Morgan fingerprint density at radius 1 is 1.24 bits per heavy atom. The third-order valence-electron chi connectivity index (χ3n) is 3.71. The summed E-state index contributed by atoms with van der Waals surface area (Å²) in [6.07, 6.45) is 3.57. The first-order chi connectivity index (χ1) is 12.1. The van der Waals surface area contributed by atoms with Gasteiger partial charge in [0.1, 0.15) is 6.10 Å². The molecule has 7 nitrogen and oxygen atoms in total. The molecule has 1 N–H and O–H groups in total. The molecule has 1 atom stereocenters. The van der Waals surface area contributed by atoms with Crippen LogP contribution in [0.4, 0.5) is 10.5 Å². The van der Waals surface area contributed by atoms with Crippen LogP contribution in [0.2, 0.25) is 10.0 Å². The molecule has 1 fully saturated rings. The standard InChI is InChI=1S/C16H16Cl2N4O3/c1-24-14-15(20-6-5-19-14)25-11-4-7-22(9-11)16(23)21-10-2-3-12(17)13(18)8-10/h2-3,5-6,8,11H,4,7,9H2,1H3,(H,21,23). The first-order valence-electron chi connectivity index (χ1n) is 7.59. The van der Waals surface area contributed by atoms with E-state index in [-0.39, 0.29) is 12.1 Å². The van der Waals surface area contributed by atoms with Crippen LogP contribution in [0.3, 0.4) is 0 Å². The van der Waals surface area contributed by atoms with Gasteiger partial charge in [-0.2, -0.15) is 0 Å². The zero-order valence-corrected chi connectivity index (χ0v) is 14.9. The van der Waals surface area contributed by atoms with Gasteiger partial charge >= 0.3 is 6.03 Å². The van der Waals surface area contributed by atoms with Gasteiger partial charge in [0.15, 0.2) is 0 Å². The minimum Gasteiger partial charge on any atom is -0.477 e. The fourth-order valence-electron chi connectivity index (χ4n) is 2.48. The van der Waals surface area contributed by atoms with Crippen LogP contribution in [0.5, 0.6) is 11.8 Å². The van der Waals surface area contributed by atoms with Crippen LogP contribution in [0.15, 0.2) is 30.6 Å². The second-order valence-electron chi connectivity index (χ2n) is 5.40. The van der Waals surface area contributed by atoms with Gasteiger partial charge in [-0.3, -0.25) is 0 Å². The summed E-state index contributed by atoms with van der Waals surface area (Å²) in [5.41, 5.74) is 0.583. The molecule has 1 aliphatic rings. The van der Waals surface area contributed by atoms with Gasteiger partial charge < -0.3 is 19.7 Å². The Morgan fingerprint density at radius 2 is 2.00 bits per heavy atom. The van der Waals surface area contributed by atoms with Crippen molar-refractivity contribution < 1.29 is 14.3 Å². The van der Waals surface area contributed by atoms with Crippen LogP contribution in [0, 0.1) is 0 Å². The van der Waals surface area contributed by atoms with Crippen molar-refractivity contribution in [1.82, 2.24) is 14.9 Å². The van der Waals surface area contributed by atoms with Gasteiger partial charge in [-0.15, -0.1) is 0 Å². The molecule has 0 spiro atoms. The highest BCUT2D eigenvalue weighted by atomic mass is 35.5. The Labute approximate surface area is 154 Å². The number of benzene rings is 1. The van der Waals surface area contributed by atoms with Gasteiger partial charge in [0.2, 0.25) is 0 Å².